The molecule has 2 aliphatic rings. The summed E-state index contributed by atoms with van der Waals surface area (Å²) in [5.74, 6) is 0.0658. The van der Waals surface area contributed by atoms with Crippen molar-refractivity contribution in [1.82, 2.24) is 9.47 Å². The van der Waals surface area contributed by atoms with Gasteiger partial charge >= 0.3 is 0 Å². The Balaban J connectivity index is 1.40. The van der Waals surface area contributed by atoms with Crippen molar-refractivity contribution < 1.29 is 9.53 Å². The van der Waals surface area contributed by atoms with Gasteiger partial charge in [-0.2, -0.15) is 5.26 Å². The van der Waals surface area contributed by atoms with Gasteiger partial charge < -0.3 is 19.5 Å². The molecule has 26 heavy (non-hydrogen) atoms. The molecule has 2 aliphatic heterocycles. The second kappa shape index (κ2) is 6.50. The second-order valence-corrected chi connectivity index (χ2v) is 7.21. The van der Waals surface area contributed by atoms with Gasteiger partial charge in [0.15, 0.2) is 0 Å². The van der Waals surface area contributed by atoms with E-state index < -0.39 is 0 Å². The molecule has 1 aromatic heterocycles. The van der Waals surface area contributed by atoms with Crippen molar-refractivity contribution in [2.75, 3.05) is 25.0 Å². The van der Waals surface area contributed by atoms with Gasteiger partial charge in [0, 0.05) is 31.9 Å². The number of aromatic nitrogens is 1. The molecule has 3 heterocycles. The predicted molar refractivity (Wildman–Crippen MR) is 97.8 cm³/mol. The summed E-state index contributed by atoms with van der Waals surface area (Å²) < 4.78 is 8.00. The van der Waals surface area contributed by atoms with Crippen LogP contribution in [0, 0.1) is 11.3 Å². The number of nitriles is 1. The number of aryl methyl sites for hydroxylation is 1. The van der Waals surface area contributed by atoms with Crippen molar-refractivity contribution in [2.45, 2.75) is 24.5 Å². The van der Waals surface area contributed by atoms with Crippen molar-refractivity contribution in [3.8, 4) is 6.07 Å². The van der Waals surface area contributed by atoms with Crippen molar-refractivity contribution in [3.05, 3.63) is 53.9 Å². The van der Waals surface area contributed by atoms with Crippen molar-refractivity contribution in [3.63, 3.8) is 0 Å². The summed E-state index contributed by atoms with van der Waals surface area (Å²) in [6, 6.07) is 13.6. The molecule has 2 unspecified atom stereocenters. The van der Waals surface area contributed by atoms with Crippen LogP contribution in [-0.4, -0.2) is 46.7 Å². The maximum Gasteiger partial charge on any atom is 0.270 e. The molecule has 1 amide bonds. The number of likely N-dealkylation sites (tertiary alicyclic amines) is 1. The van der Waals surface area contributed by atoms with E-state index in [9.17, 15) is 4.79 Å². The van der Waals surface area contributed by atoms with Crippen LogP contribution in [0.5, 0.6) is 0 Å². The summed E-state index contributed by atoms with van der Waals surface area (Å²) in [6.07, 6.45) is 3.61. The Morgan fingerprint density at radius 3 is 3.04 bits per heavy atom. The largest absolute Gasteiger partial charge is 0.380 e. The summed E-state index contributed by atoms with van der Waals surface area (Å²) in [4.78, 5) is 14.6. The van der Waals surface area contributed by atoms with Crippen LogP contribution in [-0.2, 0) is 11.8 Å². The molecular formula is C20H22N4O2. The lowest BCUT2D eigenvalue weighted by Gasteiger charge is -2.23. The first kappa shape index (κ1) is 16.7. The van der Waals surface area contributed by atoms with Crippen LogP contribution < -0.4 is 5.32 Å². The molecule has 4 rings (SSSR count). The summed E-state index contributed by atoms with van der Waals surface area (Å²) in [5.41, 5.74) is 2.03. The monoisotopic (exact) mass is 350 g/mol. The fourth-order valence-corrected chi connectivity index (χ4v) is 4.00. The Morgan fingerprint density at radius 1 is 1.38 bits per heavy atom. The molecule has 0 radical (unpaired) electrons. The normalized spacial score (nSPS) is 24.8. The minimum Gasteiger partial charge on any atom is -0.380 e. The number of benzene rings is 1. The Hall–Kier alpha value is -2.78. The Labute approximate surface area is 153 Å². The zero-order valence-electron chi connectivity index (χ0n) is 14.8. The summed E-state index contributed by atoms with van der Waals surface area (Å²) in [7, 11) is 1.89. The summed E-state index contributed by atoms with van der Waals surface area (Å²) >= 11 is 0. The third kappa shape index (κ3) is 3.06. The van der Waals surface area contributed by atoms with Gasteiger partial charge in [-0.15, -0.1) is 0 Å². The number of rotatable bonds is 3. The van der Waals surface area contributed by atoms with E-state index in [2.05, 4.69) is 11.4 Å². The molecule has 2 aromatic rings. The van der Waals surface area contributed by atoms with Crippen LogP contribution in [0.25, 0.3) is 0 Å². The molecule has 2 atom stereocenters. The molecule has 0 bridgehead atoms. The van der Waals surface area contributed by atoms with Gasteiger partial charge in [0.2, 0.25) is 0 Å². The van der Waals surface area contributed by atoms with Crippen LogP contribution in [0.4, 0.5) is 5.69 Å². The zero-order chi connectivity index (χ0) is 18.1. The Kier molecular flexibility index (Phi) is 4.17. The lowest BCUT2D eigenvalue weighted by atomic mass is 9.97. The topological polar surface area (TPSA) is 70.3 Å². The second-order valence-electron chi connectivity index (χ2n) is 7.21. The van der Waals surface area contributed by atoms with Crippen LogP contribution in [0.2, 0.25) is 0 Å². The number of nitrogens with zero attached hydrogens (tertiary/aromatic N) is 3. The van der Waals surface area contributed by atoms with Crippen LogP contribution in [0.1, 0.15) is 28.9 Å². The number of amides is 1. The van der Waals surface area contributed by atoms with E-state index in [1.165, 1.54) is 0 Å². The number of ether oxygens (including phenoxy) is 1. The highest BCUT2D eigenvalue weighted by molar-refractivity contribution is 5.93. The van der Waals surface area contributed by atoms with Crippen molar-refractivity contribution in [2.24, 2.45) is 7.05 Å². The minimum atomic E-state index is -0.259. The van der Waals surface area contributed by atoms with Gasteiger partial charge in [0.25, 0.3) is 5.91 Å². The molecule has 6 heteroatoms. The van der Waals surface area contributed by atoms with Crippen molar-refractivity contribution in [1.29, 1.82) is 5.26 Å². The van der Waals surface area contributed by atoms with Gasteiger partial charge in [-0.1, -0.05) is 6.07 Å². The first-order valence-electron chi connectivity index (χ1n) is 8.90. The highest BCUT2D eigenvalue weighted by Crippen LogP contribution is 2.36. The predicted octanol–water partition coefficient (Wildman–Crippen LogP) is 2.38. The van der Waals surface area contributed by atoms with Gasteiger partial charge in [0.1, 0.15) is 5.69 Å². The molecule has 1 spiro atoms. The van der Waals surface area contributed by atoms with Crippen molar-refractivity contribution >= 4 is 11.6 Å². The number of carbonyl (C=O) groups excluding carboxylic acids is 1. The molecule has 134 valence electrons. The average Bonchev–Trinajstić information content (AvgIpc) is 3.36. The minimum absolute atomic E-state index is 0.0658. The third-order valence-corrected chi connectivity index (χ3v) is 5.34. The molecule has 1 N–H and O–H groups in total. The molecule has 6 nitrogen and oxygen atoms in total. The summed E-state index contributed by atoms with van der Waals surface area (Å²) in [5, 5.41) is 12.5. The quantitative estimate of drug-likeness (QED) is 0.923. The third-order valence-electron chi connectivity index (χ3n) is 5.34. The molecule has 1 aromatic carbocycles. The number of hydrogen-bond donors (Lipinski definition) is 1. The zero-order valence-corrected chi connectivity index (χ0v) is 14.8. The van der Waals surface area contributed by atoms with E-state index in [4.69, 9.17) is 10.00 Å². The number of hydrogen-bond acceptors (Lipinski definition) is 4. The Bertz CT molecular complexity index is 869. The van der Waals surface area contributed by atoms with E-state index in [-0.39, 0.29) is 17.6 Å². The van der Waals surface area contributed by atoms with Gasteiger partial charge in [-0.05, 0) is 36.8 Å². The van der Waals surface area contributed by atoms with Crippen LogP contribution in [0.3, 0.4) is 0 Å². The van der Waals surface area contributed by atoms with Gasteiger partial charge in [-0.25, -0.2) is 0 Å². The number of carbonyl (C=O) groups is 1. The first-order chi connectivity index (χ1) is 12.6. The maximum atomic E-state index is 12.7. The first-order valence-corrected chi connectivity index (χ1v) is 8.90. The highest BCUT2D eigenvalue weighted by atomic mass is 16.5. The lowest BCUT2D eigenvalue weighted by molar-refractivity contribution is 0.0124. The van der Waals surface area contributed by atoms with Crippen LogP contribution in [0.15, 0.2) is 42.6 Å². The van der Waals surface area contributed by atoms with E-state index in [1.807, 2.05) is 53.0 Å². The van der Waals surface area contributed by atoms with E-state index in [1.54, 1.807) is 6.07 Å². The molecular weight excluding hydrogens is 328 g/mol. The standard InChI is InChI=1S/C20H22N4O2/c1-23-8-3-6-18(23)19(25)24-9-7-20(14-24)11-17(13-26-20)22-16-5-2-4-15(10-16)12-21/h2-6,8,10,17,22H,7,9,11,13-14H2,1H3. The number of anilines is 1. The molecule has 2 fully saturated rings. The summed E-state index contributed by atoms with van der Waals surface area (Å²) in [6.45, 7) is 1.97. The molecule has 2 saturated heterocycles. The fourth-order valence-electron chi connectivity index (χ4n) is 4.00. The Morgan fingerprint density at radius 2 is 2.27 bits per heavy atom. The van der Waals surface area contributed by atoms with Crippen LogP contribution >= 0.6 is 0 Å². The molecule has 0 aliphatic carbocycles. The SMILES string of the molecule is Cn1cccc1C(=O)N1CCC2(CC(Nc3cccc(C#N)c3)CO2)C1. The van der Waals surface area contributed by atoms with E-state index in [0.717, 1.165) is 25.1 Å². The lowest BCUT2D eigenvalue weighted by Crippen LogP contribution is -2.36. The van der Waals surface area contributed by atoms with E-state index in [0.29, 0.717) is 24.4 Å². The maximum absolute atomic E-state index is 12.7. The molecule has 0 saturated carbocycles. The van der Waals surface area contributed by atoms with Gasteiger partial charge in [0.05, 0.1) is 36.4 Å². The average molecular weight is 350 g/mol. The van der Waals surface area contributed by atoms with Gasteiger partial charge in [-0.3, -0.25) is 4.79 Å². The number of nitrogens with one attached hydrogen (secondary N) is 1. The fraction of sp³-hybridized carbons (Fsp3) is 0.400. The smallest absolute Gasteiger partial charge is 0.270 e. The highest BCUT2D eigenvalue weighted by Gasteiger charge is 2.47. The van der Waals surface area contributed by atoms with E-state index >= 15 is 0 Å².